The van der Waals surface area contributed by atoms with E-state index < -0.39 is 0 Å². The Morgan fingerprint density at radius 2 is 1.33 bits per heavy atom. The zero-order valence-electron chi connectivity index (χ0n) is 12.9. The second-order valence-electron chi connectivity index (χ2n) is 7.21. The van der Waals surface area contributed by atoms with E-state index in [2.05, 4.69) is 64.1 Å². The highest BCUT2D eigenvalue weighted by molar-refractivity contribution is 6.32. The molecule has 2 aliphatic rings. The standard InChI is InChI=1S/C20H19Cl/c1-19(2)14-10-6-5-8-12(14)17-18(19)13-9-7-11-15(21)16(13)20(17,3)4/h5-11H,1-4H3. The maximum atomic E-state index is 6.56. The van der Waals surface area contributed by atoms with E-state index in [1.165, 1.54) is 33.4 Å². The van der Waals surface area contributed by atoms with Crippen molar-refractivity contribution in [3.05, 3.63) is 69.7 Å². The van der Waals surface area contributed by atoms with Crippen LogP contribution in [-0.2, 0) is 10.8 Å². The van der Waals surface area contributed by atoms with Crippen LogP contribution in [0, 0.1) is 0 Å². The molecular formula is C20H19Cl. The minimum Gasteiger partial charge on any atom is -0.0840 e. The Morgan fingerprint density at radius 1 is 0.714 bits per heavy atom. The summed E-state index contributed by atoms with van der Waals surface area (Å²) in [7, 11) is 0. The van der Waals surface area contributed by atoms with Crippen molar-refractivity contribution in [1.82, 2.24) is 0 Å². The normalized spacial score (nSPS) is 20.2. The van der Waals surface area contributed by atoms with Crippen molar-refractivity contribution in [3.8, 4) is 0 Å². The SMILES string of the molecule is CC1(C)C2=C(c3ccccc31)C(C)(C)c1c(Cl)cccc12. The maximum Gasteiger partial charge on any atom is 0.0452 e. The lowest BCUT2D eigenvalue weighted by Crippen LogP contribution is -2.19. The summed E-state index contributed by atoms with van der Waals surface area (Å²) in [5.74, 6) is 0. The first kappa shape index (κ1) is 13.2. The molecule has 0 radical (unpaired) electrons. The van der Waals surface area contributed by atoms with Crippen LogP contribution in [0.3, 0.4) is 0 Å². The molecule has 1 heteroatoms. The quantitative estimate of drug-likeness (QED) is 0.573. The van der Waals surface area contributed by atoms with Crippen molar-refractivity contribution in [1.29, 1.82) is 0 Å². The molecule has 21 heavy (non-hydrogen) atoms. The van der Waals surface area contributed by atoms with Crippen molar-refractivity contribution >= 4 is 22.7 Å². The summed E-state index contributed by atoms with van der Waals surface area (Å²) in [6.45, 7) is 9.27. The molecule has 106 valence electrons. The number of fused-ring (bicyclic) bond motifs is 4. The molecule has 0 heterocycles. The van der Waals surface area contributed by atoms with E-state index >= 15 is 0 Å². The van der Waals surface area contributed by atoms with Gasteiger partial charge in [-0.05, 0) is 39.5 Å². The molecule has 0 saturated heterocycles. The highest BCUT2D eigenvalue weighted by Gasteiger charge is 2.50. The van der Waals surface area contributed by atoms with Gasteiger partial charge >= 0.3 is 0 Å². The fourth-order valence-corrected chi connectivity index (χ4v) is 4.85. The summed E-state index contributed by atoms with van der Waals surface area (Å²) in [6, 6.07) is 15.2. The average Bonchev–Trinajstić information content (AvgIpc) is 2.82. The number of halogens is 1. The molecule has 0 aliphatic heterocycles. The molecular weight excluding hydrogens is 276 g/mol. The topological polar surface area (TPSA) is 0 Å². The lowest BCUT2D eigenvalue weighted by Gasteiger charge is -2.28. The number of allylic oxidation sites excluding steroid dienone is 2. The van der Waals surface area contributed by atoms with Gasteiger partial charge in [0, 0.05) is 15.9 Å². The molecule has 0 atom stereocenters. The van der Waals surface area contributed by atoms with Gasteiger partial charge < -0.3 is 0 Å². The summed E-state index contributed by atoms with van der Waals surface area (Å²) < 4.78 is 0. The van der Waals surface area contributed by atoms with Gasteiger partial charge in [0.05, 0.1) is 0 Å². The van der Waals surface area contributed by atoms with Crippen LogP contribution in [0.2, 0.25) is 5.02 Å². The predicted octanol–water partition coefficient (Wildman–Crippen LogP) is 5.83. The molecule has 2 aliphatic carbocycles. The molecule has 2 aromatic rings. The molecule has 2 aromatic carbocycles. The molecule has 0 saturated carbocycles. The summed E-state index contributed by atoms with van der Waals surface area (Å²) in [6.07, 6.45) is 0. The Morgan fingerprint density at radius 3 is 2.10 bits per heavy atom. The highest BCUT2D eigenvalue weighted by Crippen LogP contribution is 2.63. The number of hydrogen-bond donors (Lipinski definition) is 0. The van der Waals surface area contributed by atoms with Gasteiger partial charge in [0.15, 0.2) is 0 Å². The Balaban J connectivity index is 2.14. The molecule has 0 aromatic heterocycles. The van der Waals surface area contributed by atoms with Gasteiger partial charge in [-0.3, -0.25) is 0 Å². The van der Waals surface area contributed by atoms with E-state index in [1.54, 1.807) is 0 Å². The minimum absolute atomic E-state index is 0.0348. The van der Waals surface area contributed by atoms with Crippen molar-refractivity contribution in [2.75, 3.05) is 0 Å². The fourth-order valence-electron chi connectivity index (χ4n) is 4.44. The predicted molar refractivity (Wildman–Crippen MR) is 90.8 cm³/mol. The van der Waals surface area contributed by atoms with Crippen molar-refractivity contribution in [3.63, 3.8) is 0 Å². The second-order valence-corrected chi connectivity index (χ2v) is 7.62. The third-order valence-corrected chi connectivity index (χ3v) is 5.59. The van der Waals surface area contributed by atoms with Gasteiger partial charge in [0.2, 0.25) is 0 Å². The molecule has 0 unspecified atom stereocenters. The minimum atomic E-state index is -0.0348. The third kappa shape index (κ3) is 1.42. The molecule has 4 rings (SSSR count). The van der Waals surface area contributed by atoms with Gasteiger partial charge in [-0.25, -0.2) is 0 Å². The monoisotopic (exact) mass is 294 g/mol. The molecule has 0 fully saturated rings. The molecule has 0 nitrogen and oxygen atoms in total. The van der Waals surface area contributed by atoms with Crippen LogP contribution in [0.4, 0.5) is 0 Å². The second kappa shape index (κ2) is 3.81. The Labute approximate surface area is 131 Å². The van der Waals surface area contributed by atoms with Crippen LogP contribution in [-0.4, -0.2) is 0 Å². The van der Waals surface area contributed by atoms with Gasteiger partial charge in [-0.2, -0.15) is 0 Å². The van der Waals surface area contributed by atoms with Crippen LogP contribution >= 0.6 is 11.6 Å². The van der Waals surface area contributed by atoms with E-state index in [1.807, 2.05) is 6.07 Å². The number of benzene rings is 2. The summed E-state index contributed by atoms with van der Waals surface area (Å²) in [4.78, 5) is 0. The van der Waals surface area contributed by atoms with Gasteiger partial charge in [-0.15, -0.1) is 0 Å². The van der Waals surface area contributed by atoms with E-state index in [9.17, 15) is 0 Å². The fraction of sp³-hybridized carbons (Fsp3) is 0.300. The average molecular weight is 295 g/mol. The Hall–Kier alpha value is -1.53. The van der Waals surface area contributed by atoms with Crippen molar-refractivity contribution in [2.24, 2.45) is 0 Å². The third-order valence-electron chi connectivity index (χ3n) is 5.28. The van der Waals surface area contributed by atoms with E-state index in [0.29, 0.717) is 0 Å². The van der Waals surface area contributed by atoms with E-state index in [-0.39, 0.29) is 10.8 Å². The van der Waals surface area contributed by atoms with Crippen LogP contribution in [0.15, 0.2) is 42.5 Å². The number of hydrogen-bond acceptors (Lipinski definition) is 0. The highest BCUT2D eigenvalue weighted by atomic mass is 35.5. The van der Waals surface area contributed by atoms with Crippen LogP contribution < -0.4 is 0 Å². The zero-order chi connectivity index (χ0) is 15.0. The molecule has 0 bridgehead atoms. The number of rotatable bonds is 0. The van der Waals surface area contributed by atoms with Gasteiger partial charge in [0.25, 0.3) is 0 Å². The van der Waals surface area contributed by atoms with Crippen molar-refractivity contribution in [2.45, 2.75) is 38.5 Å². The molecule has 0 N–H and O–H groups in total. The van der Waals surface area contributed by atoms with Gasteiger partial charge in [-0.1, -0.05) is 75.7 Å². The Kier molecular flexibility index (Phi) is 2.39. The largest absolute Gasteiger partial charge is 0.0840 e. The zero-order valence-corrected chi connectivity index (χ0v) is 13.7. The summed E-state index contributed by atoms with van der Waals surface area (Å²) >= 11 is 6.56. The lowest BCUT2D eigenvalue weighted by molar-refractivity contribution is 0.694. The summed E-state index contributed by atoms with van der Waals surface area (Å²) in [5, 5.41) is 0.889. The summed E-state index contributed by atoms with van der Waals surface area (Å²) in [5.41, 5.74) is 8.40. The van der Waals surface area contributed by atoms with Crippen molar-refractivity contribution < 1.29 is 0 Å². The molecule has 0 amide bonds. The first-order valence-corrected chi connectivity index (χ1v) is 7.89. The van der Waals surface area contributed by atoms with E-state index in [4.69, 9.17) is 11.6 Å². The van der Waals surface area contributed by atoms with Gasteiger partial charge in [0.1, 0.15) is 0 Å². The first-order chi connectivity index (χ1) is 9.87. The van der Waals surface area contributed by atoms with E-state index in [0.717, 1.165) is 5.02 Å². The van der Waals surface area contributed by atoms with Crippen LogP contribution in [0.5, 0.6) is 0 Å². The Bertz CT molecular complexity index is 806. The first-order valence-electron chi connectivity index (χ1n) is 7.51. The lowest BCUT2D eigenvalue weighted by atomic mass is 9.76. The van der Waals surface area contributed by atoms with Crippen LogP contribution in [0.25, 0.3) is 11.1 Å². The smallest absolute Gasteiger partial charge is 0.0452 e. The maximum absolute atomic E-state index is 6.56. The van der Waals surface area contributed by atoms with Crippen LogP contribution in [0.1, 0.15) is 49.9 Å². The molecule has 0 spiro atoms.